The normalized spacial score (nSPS) is 12.1. The van der Waals surface area contributed by atoms with Gasteiger partial charge in [-0.3, -0.25) is 5.10 Å². The molecule has 8 heteroatoms. The molecule has 0 saturated heterocycles. The quantitative estimate of drug-likeness (QED) is 0.545. The van der Waals surface area contributed by atoms with E-state index in [0.717, 1.165) is 16.5 Å². The lowest BCUT2D eigenvalue weighted by atomic mass is 10.0. The molecule has 28 heavy (non-hydrogen) atoms. The van der Waals surface area contributed by atoms with E-state index in [9.17, 15) is 4.39 Å². The highest BCUT2D eigenvalue weighted by Crippen LogP contribution is 2.34. The summed E-state index contributed by atoms with van der Waals surface area (Å²) in [5.41, 5.74) is 2.44. The number of ether oxygens (including phenoxy) is 1. The molecule has 0 amide bonds. The molecule has 0 aliphatic carbocycles. The predicted molar refractivity (Wildman–Crippen MR) is 105 cm³/mol. The molecule has 0 aliphatic rings. The van der Waals surface area contributed by atoms with E-state index < -0.39 is 0 Å². The molecule has 2 aromatic heterocycles. The van der Waals surface area contributed by atoms with Crippen LogP contribution in [-0.4, -0.2) is 32.3 Å². The lowest BCUT2D eigenvalue weighted by molar-refractivity contribution is 0.419. The fraction of sp³-hybridized carbons (Fsp3) is 0.200. The Morgan fingerprint density at radius 1 is 1.11 bits per heavy atom. The largest absolute Gasteiger partial charge is 0.494 e. The average molecular weight is 378 g/mol. The Hall–Kier alpha value is -3.55. The Kier molecular flexibility index (Phi) is 4.60. The Bertz CT molecular complexity index is 1130. The Morgan fingerprint density at radius 2 is 1.89 bits per heavy atom. The average Bonchev–Trinajstić information content (AvgIpc) is 3.14. The van der Waals surface area contributed by atoms with Crippen LogP contribution in [0.25, 0.3) is 22.0 Å². The van der Waals surface area contributed by atoms with Crippen LogP contribution in [-0.2, 0) is 0 Å². The molecular formula is C20H19FN6O. The number of benzene rings is 2. The summed E-state index contributed by atoms with van der Waals surface area (Å²) in [6.45, 7) is 3.79. The molecule has 0 aliphatic heterocycles. The zero-order chi connectivity index (χ0) is 19.7. The van der Waals surface area contributed by atoms with E-state index in [1.165, 1.54) is 18.5 Å². The maximum atomic E-state index is 13.3. The molecule has 0 fully saturated rings. The molecule has 4 rings (SSSR count). The Morgan fingerprint density at radius 3 is 2.57 bits per heavy atom. The van der Waals surface area contributed by atoms with Crippen molar-refractivity contribution in [1.82, 2.24) is 25.1 Å². The molecule has 0 spiro atoms. The van der Waals surface area contributed by atoms with Gasteiger partial charge < -0.3 is 10.1 Å². The Balaban J connectivity index is 1.80. The molecule has 2 heterocycles. The first-order valence-electron chi connectivity index (χ1n) is 8.79. The van der Waals surface area contributed by atoms with Gasteiger partial charge in [-0.15, -0.1) is 0 Å². The molecule has 0 unspecified atom stereocenters. The molecule has 0 radical (unpaired) electrons. The standard InChI is InChI=1S/C20H19FN6O/c1-11(19-25-12(2)26-27-19)24-20-16-8-14(13-4-6-15(21)7-5-13)9-17(28-3)18(16)22-10-23-20/h4-11H,1-3H3,(H,22,23,24)(H,25,26,27)/t11-/m0/s1. The van der Waals surface area contributed by atoms with Crippen molar-refractivity contribution in [2.24, 2.45) is 0 Å². The van der Waals surface area contributed by atoms with Crippen LogP contribution in [0.3, 0.4) is 0 Å². The van der Waals surface area contributed by atoms with Gasteiger partial charge in [-0.1, -0.05) is 12.1 Å². The van der Waals surface area contributed by atoms with Crippen molar-refractivity contribution in [1.29, 1.82) is 0 Å². The third-order valence-electron chi connectivity index (χ3n) is 4.48. The molecular weight excluding hydrogens is 359 g/mol. The van der Waals surface area contributed by atoms with Crippen LogP contribution in [0.2, 0.25) is 0 Å². The van der Waals surface area contributed by atoms with Crippen molar-refractivity contribution in [3.05, 3.63) is 60.2 Å². The second-order valence-corrected chi connectivity index (χ2v) is 6.44. The van der Waals surface area contributed by atoms with Gasteiger partial charge in [-0.2, -0.15) is 5.10 Å². The molecule has 0 bridgehead atoms. The van der Waals surface area contributed by atoms with Crippen molar-refractivity contribution >= 4 is 16.7 Å². The first-order valence-corrected chi connectivity index (χ1v) is 8.79. The number of aryl methyl sites for hydroxylation is 1. The third-order valence-corrected chi connectivity index (χ3v) is 4.48. The molecule has 7 nitrogen and oxygen atoms in total. The van der Waals surface area contributed by atoms with E-state index in [2.05, 4.69) is 30.5 Å². The first-order chi connectivity index (χ1) is 13.5. The number of nitrogens with one attached hydrogen (secondary N) is 2. The van der Waals surface area contributed by atoms with Crippen molar-refractivity contribution < 1.29 is 9.13 Å². The van der Waals surface area contributed by atoms with Crippen LogP contribution in [0.1, 0.15) is 24.6 Å². The number of nitrogens with zero attached hydrogens (tertiary/aromatic N) is 4. The molecule has 0 saturated carbocycles. The van der Waals surface area contributed by atoms with Crippen LogP contribution in [0.15, 0.2) is 42.7 Å². The summed E-state index contributed by atoms with van der Waals surface area (Å²) in [4.78, 5) is 13.1. The number of fused-ring (bicyclic) bond motifs is 1. The Labute approximate surface area is 161 Å². The minimum atomic E-state index is -0.279. The minimum absolute atomic E-state index is 0.139. The van der Waals surface area contributed by atoms with E-state index in [1.807, 2.05) is 26.0 Å². The van der Waals surface area contributed by atoms with E-state index in [4.69, 9.17) is 4.74 Å². The molecule has 1 atom stereocenters. The highest BCUT2D eigenvalue weighted by atomic mass is 19.1. The summed E-state index contributed by atoms with van der Waals surface area (Å²) >= 11 is 0. The molecule has 142 valence electrons. The fourth-order valence-corrected chi connectivity index (χ4v) is 3.04. The lowest BCUT2D eigenvalue weighted by Gasteiger charge is -2.15. The summed E-state index contributed by atoms with van der Waals surface area (Å²) < 4.78 is 18.8. The third kappa shape index (κ3) is 3.36. The summed E-state index contributed by atoms with van der Waals surface area (Å²) in [7, 11) is 1.60. The topological polar surface area (TPSA) is 88.6 Å². The zero-order valence-corrected chi connectivity index (χ0v) is 15.7. The molecule has 2 aromatic carbocycles. The monoisotopic (exact) mass is 378 g/mol. The van der Waals surface area contributed by atoms with Crippen molar-refractivity contribution in [3.8, 4) is 16.9 Å². The van der Waals surface area contributed by atoms with Crippen LogP contribution in [0.5, 0.6) is 5.75 Å². The maximum absolute atomic E-state index is 13.3. The zero-order valence-electron chi connectivity index (χ0n) is 15.7. The summed E-state index contributed by atoms with van der Waals surface area (Å²) in [5.74, 6) is 2.37. The summed E-state index contributed by atoms with van der Waals surface area (Å²) in [5, 5.41) is 11.1. The van der Waals surface area contributed by atoms with E-state index in [0.29, 0.717) is 28.7 Å². The van der Waals surface area contributed by atoms with Gasteiger partial charge in [0.05, 0.1) is 13.2 Å². The molecule has 4 aromatic rings. The predicted octanol–water partition coefficient (Wildman–Crippen LogP) is 4.04. The number of hydrogen-bond donors (Lipinski definition) is 2. The number of rotatable bonds is 5. The van der Waals surface area contributed by atoms with Gasteiger partial charge >= 0.3 is 0 Å². The number of aromatic nitrogens is 5. The van der Waals surface area contributed by atoms with Gasteiger partial charge in [0.25, 0.3) is 0 Å². The summed E-state index contributed by atoms with van der Waals surface area (Å²) in [6, 6.07) is 10.0. The van der Waals surface area contributed by atoms with Gasteiger partial charge in [-0.25, -0.2) is 19.3 Å². The van der Waals surface area contributed by atoms with E-state index in [-0.39, 0.29) is 11.9 Å². The SMILES string of the molecule is COc1cc(-c2ccc(F)cc2)cc2c(N[C@@H](C)c3nc(C)n[nH]3)ncnc12. The number of aromatic amines is 1. The van der Waals surface area contributed by atoms with Gasteiger partial charge in [0.2, 0.25) is 0 Å². The number of methoxy groups -OCH3 is 1. The van der Waals surface area contributed by atoms with E-state index in [1.54, 1.807) is 19.2 Å². The van der Waals surface area contributed by atoms with Gasteiger partial charge in [0.1, 0.15) is 40.9 Å². The van der Waals surface area contributed by atoms with Gasteiger partial charge in [0, 0.05) is 5.39 Å². The smallest absolute Gasteiger partial charge is 0.147 e. The fourth-order valence-electron chi connectivity index (χ4n) is 3.04. The van der Waals surface area contributed by atoms with Crippen molar-refractivity contribution in [3.63, 3.8) is 0 Å². The van der Waals surface area contributed by atoms with Gasteiger partial charge in [0.15, 0.2) is 0 Å². The van der Waals surface area contributed by atoms with E-state index >= 15 is 0 Å². The second-order valence-electron chi connectivity index (χ2n) is 6.44. The van der Waals surface area contributed by atoms with Crippen LogP contribution < -0.4 is 10.1 Å². The highest BCUT2D eigenvalue weighted by Gasteiger charge is 2.16. The first kappa shape index (κ1) is 17.8. The number of hydrogen-bond acceptors (Lipinski definition) is 6. The van der Waals surface area contributed by atoms with Crippen LogP contribution >= 0.6 is 0 Å². The minimum Gasteiger partial charge on any atom is -0.494 e. The number of anilines is 1. The molecule has 2 N–H and O–H groups in total. The highest BCUT2D eigenvalue weighted by molar-refractivity contribution is 5.96. The number of halogens is 1. The summed E-state index contributed by atoms with van der Waals surface area (Å²) in [6.07, 6.45) is 1.49. The van der Waals surface area contributed by atoms with Gasteiger partial charge in [-0.05, 0) is 49.2 Å². The maximum Gasteiger partial charge on any atom is 0.147 e. The second kappa shape index (κ2) is 7.22. The lowest BCUT2D eigenvalue weighted by Crippen LogP contribution is -2.10. The van der Waals surface area contributed by atoms with Crippen molar-refractivity contribution in [2.75, 3.05) is 12.4 Å². The number of H-pyrrole nitrogens is 1. The van der Waals surface area contributed by atoms with Crippen LogP contribution in [0, 0.1) is 12.7 Å². The van der Waals surface area contributed by atoms with Crippen LogP contribution in [0.4, 0.5) is 10.2 Å². The van der Waals surface area contributed by atoms with Crippen molar-refractivity contribution in [2.45, 2.75) is 19.9 Å².